The molecule has 108 valence electrons. The second-order valence-corrected chi connectivity index (χ2v) is 5.43. The Balaban J connectivity index is 2.09. The number of hydrogen-bond acceptors (Lipinski definition) is 2. The molecule has 0 amide bonds. The zero-order chi connectivity index (χ0) is 14.8. The van der Waals surface area contributed by atoms with Gasteiger partial charge in [-0.05, 0) is 49.1 Å². The van der Waals surface area contributed by atoms with E-state index in [1.54, 1.807) is 0 Å². The fourth-order valence-electron chi connectivity index (χ4n) is 2.86. The molecule has 0 radical (unpaired) electrons. The molecule has 0 fully saturated rings. The smallest absolute Gasteiger partial charge is 0.194 e. The Labute approximate surface area is 126 Å². The number of aryl methyl sites for hydroxylation is 2. The van der Waals surface area contributed by atoms with E-state index in [1.807, 2.05) is 6.92 Å². The van der Waals surface area contributed by atoms with Gasteiger partial charge in [0.05, 0.1) is 13.2 Å². The fourth-order valence-corrected chi connectivity index (χ4v) is 2.86. The Morgan fingerprint density at radius 3 is 2.52 bits per heavy atom. The van der Waals surface area contributed by atoms with Crippen molar-refractivity contribution in [3.63, 3.8) is 0 Å². The lowest BCUT2D eigenvalue weighted by atomic mass is 9.98. The molecule has 0 bridgehead atoms. The van der Waals surface area contributed by atoms with E-state index in [2.05, 4.69) is 67.3 Å². The first-order valence-corrected chi connectivity index (χ1v) is 7.47. The lowest BCUT2D eigenvalue weighted by Gasteiger charge is -2.33. The molecule has 0 unspecified atom stereocenters. The third-order valence-corrected chi connectivity index (χ3v) is 4.01. The van der Waals surface area contributed by atoms with Gasteiger partial charge in [0.2, 0.25) is 0 Å². The number of rotatable bonds is 3. The topological polar surface area (TPSA) is 12.5 Å². The maximum absolute atomic E-state index is 5.89. The van der Waals surface area contributed by atoms with Crippen molar-refractivity contribution in [2.45, 2.75) is 27.3 Å². The van der Waals surface area contributed by atoms with E-state index < -0.39 is 0 Å². The molecule has 2 aromatic carbocycles. The minimum atomic E-state index is 0.676. The minimum Gasteiger partial charge on any atom is -0.479 e. The Morgan fingerprint density at radius 1 is 1.00 bits per heavy atom. The summed E-state index contributed by atoms with van der Waals surface area (Å²) in [5, 5.41) is 0. The molecule has 0 saturated carbocycles. The number of anilines is 1. The summed E-state index contributed by atoms with van der Waals surface area (Å²) in [6.07, 6.45) is 2.15. The van der Waals surface area contributed by atoms with Crippen LogP contribution < -0.4 is 4.90 Å². The first kappa shape index (κ1) is 13.7. The molecule has 21 heavy (non-hydrogen) atoms. The van der Waals surface area contributed by atoms with Gasteiger partial charge in [0, 0.05) is 11.8 Å². The van der Waals surface area contributed by atoms with Gasteiger partial charge in [0.15, 0.2) is 5.88 Å². The van der Waals surface area contributed by atoms with Crippen LogP contribution in [0.15, 0.2) is 48.3 Å². The molecule has 0 N–H and O–H groups in total. The highest BCUT2D eigenvalue weighted by atomic mass is 16.5. The molecule has 0 atom stereocenters. The number of nitrogens with zero attached hydrogens (tertiary/aromatic N) is 1. The summed E-state index contributed by atoms with van der Waals surface area (Å²) in [4.78, 5) is 2.27. The summed E-state index contributed by atoms with van der Waals surface area (Å²) in [6.45, 7) is 7.89. The summed E-state index contributed by atoms with van der Waals surface area (Å²) >= 11 is 0. The number of hydrogen-bond donors (Lipinski definition) is 0. The van der Waals surface area contributed by atoms with Gasteiger partial charge in [-0.3, -0.25) is 0 Å². The van der Waals surface area contributed by atoms with Crippen molar-refractivity contribution in [2.24, 2.45) is 0 Å². The Hall–Kier alpha value is -2.22. The van der Waals surface area contributed by atoms with E-state index in [0.29, 0.717) is 6.61 Å². The summed E-state index contributed by atoms with van der Waals surface area (Å²) in [6, 6.07) is 14.9. The van der Waals surface area contributed by atoms with Crippen molar-refractivity contribution in [3.05, 3.63) is 70.6 Å². The van der Waals surface area contributed by atoms with Crippen molar-refractivity contribution in [1.29, 1.82) is 0 Å². The number of fused-ring (bicyclic) bond motifs is 1. The first-order chi connectivity index (χ1) is 10.2. The van der Waals surface area contributed by atoms with Gasteiger partial charge in [0.25, 0.3) is 0 Å². The van der Waals surface area contributed by atoms with Gasteiger partial charge in [-0.15, -0.1) is 0 Å². The lowest BCUT2D eigenvalue weighted by Crippen LogP contribution is -2.28. The molecular weight excluding hydrogens is 258 g/mol. The summed E-state index contributed by atoms with van der Waals surface area (Å²) in [5.74, 6) is 0.935. The summed E-state index contributed by atoms with van der Waals surface area (Å²) in [5.41, 5.74) is 6.46. The van der Waals surface area contributed by atoms with Crippen molar-refractivity contribution in [1.82, 2.24) is 0 Å². The van der Waals surface area contributed by atoms with Crippen LogP contribution in [0, 0.1) is 13.8 Å². The van der Waals surface area contributed by atoms with Crippen LogP contribution in [-0.2, 0) is 11.3 Å². The van der Waals surface area contributed by atoms with Crippen molar-refractivity contribution < 1.29 is 4.74 Å². The van der Waals surface area contributed by atoms with Gasteiger partial charge in [-0.2, -0.15) is 0 Å². The van der Waals surface area contributed by atoms with Crippen LogP contribution in [0.2, 0.25) is 0 Å². The number of benzene rings is 2. The maximum atomic E-state index is 5.89. The molecule has 2 nitrogen and oxygen atoms in total. The zero-order valence-corrected chi connectivity index (χ0v) is 12.9. The van der Waals surface area contributed by atoms with Gasteiger partial charge >= 0.3 is 0 Å². The van der Waals surface area contributed by atoms with E-state index in [0.717, 1.165) is 12.4 Å². The fraction of sp³-hybridized carbons (Fsp3) is 0.263. The molecule has 2 aromatic rings. The number of ether oxygens (including phenoxy) is 1. The highest BCUT2D eigenvalue weighted by Crippen LogP contribution is 2.33. The molecule has 3 rings (SSSR count). The van der Waals surface area contributed by atoms with Crippen molar-refractivity contribution in [2.75, 3.05) is 11.5 Å². The molecule has 0 saturated heterocycles. The highest BCUT2D eigenvalue weighted by Gasteiger charge is 2.22. The monoisotopic (exact) mass is 279 g/mol. The quantitative estimate of drug-likeness (QED) is 0.810. The van der Waals surface area contributed by atoms with Crippen LogP contribution in [0.4, 0.5) is 5.69 Å². The van der Waals surface area contributed by atoms with Crippen molar-refractivity contribution >= 4 is 11.8 Å². The molecule has 1 aliphatic heterocycles. The predicted octanol–water partition coefficient (Wildman–Crippen LogP) is 4.66. The summed E-state index contributed by atoms with van der Waals surface area (Å²) in [7, 11) is 0. The van der Waals surface area contributed by atoms with E-state index in [4.69, 9.17) is 4.74 Å². The van der Waals surface area contributed by atoms with Gasteiger partial charge < -0.3 is 9.64 Å². The molecule has 1 aliphatic rings. The van der Waals surface area contributed by atoms with Crippen LogP contribution in [-0.4, -0.2) is 6.61 Å². The maximum Gasteiger partial charge on any atom is 0.194 e. The van der Waals surface area contributed by atoms with E-state index in [-0.39, 0.29) is 0 Å². The van der Waals surface area contributed by atoms with Gasteiger partial charge in [0.1, 0.15) is 0 Å². The molecular formula is C19H21NO. The van der Waals surface area contributed by atoms with Gasteiger partial charge in [-0.25, -0.2) is 0 Å². The van der Waals surface area contributed by atoms with Crippen molar-refractivity contribution in [3.8, 4) is 0 Å². The number of para-hydroxylation sites is 1. The van der Waals surface area contributed by atoms with Gasteiger partial charge in [-0.1, -0.05) is 36.4 Å². The van der Waals surface area contributed by atoms with Crippen LogP contribution in [0.25, 0.3) is 6.08 Å². The molecule has 2 heteroatoms. The van der Waals surface area contributed by atoms with E-state index in [9.17, 15) is 0 Å². The molecule has 1 heterocycles. The molecule has 0 aromatic heterocycles. The standard InChI is InChI=1S/C19H21NO/c1-4-21-19-12-16-10-7-9-14(2)17(16)13-20(19)18-11-6-5-8-15(18)3/h5-12H,4,13H2,1-3H3. The average Bonchev–Trinajstić information content (AvgIpc) is 2.48. The second-order valence-electron chi connectivity index (χ2n) is 5.43. The Bertz CT molecular complexity index is 688. The second kappa shape index (κ2) is 5.65. The Kier molecular flexibility index (Phi) is 3.70. The highest BCUT2D eigenvalue weighted by molar-refractivity contribution is 5.69. The first-order valence-electron chi connectivity index (χ1n) is 7.47. The normalized spacial score (nSPS) is 13.7. The predicted molar refractivity (Wildman–Crippen MR) is 88.1 cm³/mol. The SMILES string of the molecule is CCOC1=Cc2cccc(C)c2CN1c1ccccc1C. The summed E-state index contributed by atoms with van der Waals surface area (Å²) < 4.78 is 5.89. The van der Waals surface area contributed by atoms with Crippen LogP contribution in [0.1, 0.15) is 29.2 Å². The largest absolute Gasteiger partial charge is 0.479 e. The Morgan fingerprint density at radius 2 is 1.76 bits per heavy atom. The van der Waals surface area contributed by atoms with Crippen LogP contribution >= 0.6 is 0 Å². The third kappa shape index (κ3) is 2.54. The third-order valence-electron chi connectivity index (χ3n) is 4.01. The van der Waals surface area contributed by atoms with E-state index in [1.165, 1.54) is 27.9 Å². The molecule has 0 aliphatic carbocycles. The van der Waals surface area contributed by atoms with E-state index >= 15 is 0 Å². The molecule has 0 spiro atoms. The lowest BCUT2D eigenvalue weighted by molar-refractivity contribution is 0.221. The van der Waals surface area contributed by atoms with Crippen LogP contribution in [0.3, 0.4) is 0 Å². The average molecular weight is 279 g/mol. The zero-order valence-electron chi connectivity index (χ0n) is 12.9. The minimum absolute atomic E-state index is 0.676. The van der Waals surface area contributed by atoms with Crippen LogP contribution in [0.5, 0.6) is 0 Å².